The number of carbonyl (C=O) groups excluding carboxylic acids is 1. The molecule has 0 fully saturated rings. The molecular formula is C14H23N3O. The molecule has 1 aromatic carbocycles. The highest BCUT2D eigenvalue weighted by Crippen LogP contribution is 2.09. The normalized spacial score (nSPS) is 10.7. The maximum Gasteiger partial charge on any atom is 0.221 e. The second kappa shape index (κ2) is 7.84. The van der Waals surface area contributed by atoms with Gasteiger partial charge in [-0.05, 0) is 51.3 Å². The van der Waals surface area contributed by atoms with Crippen LogP contribution in [0.2, 0.25) is 0 Å². The van der Waals surface area contributed by atoms with E-state index in [1.54, 1.807) is 0 Å². The van der Waals surface area contributed by atoms with Gasteiger partial charge in [0.25, 0.3) is 0 Å². The molecule has 1 rings (SSSR count). The Balaban J connectivity index is 2.24. The van der Waals surface area contributed by atoms with Crippen LogP contribution in [0.15, 0.2) is 24.3 Å². The van der Waals surface area contributed by atoms with Gasteiger partial charge in [0.1, 0.15) is 0 Å². The van der Waals surface area contributed by atoms with E-state index in [-0.39, 0.29) is 5.91 Å². The number of hydrogen-bond acceptors (Lipinski definition) is 3. The summed E-state index contributed by atoms with van der Waals surface area (Å²) in [5.41, 5.74) is 2.08. The lowest BCUT2D eigenvalue weighted by Crippen LogP contribution is -2.21. The van der Waals surface area contributed by atoms with Crippen molar-refractivity contribution in [2.75, 3.05) is 32.5 Å². The maximum absolute atomic E-state index is 10.9. The van der Waals surface area contributed by atoms with Crippen LogP contribution < -0.4 is 10.6 Å². The van der Waals surface area contributed by atoms with E-state index in [1.165, 1.54) is 12.5 Å². The maximum atomic E-state index is 10.9. The Morgan fingerprint density at radius 3 is 2.44 bits per heavy atom. The van der Waals surface area contributed by atoms with Gasteiger partial charge in [-0.15, -0.1) is 0 Å². The highest BCUT2D eigenvalue weighted by Gasteiger charge is 1.96. The van der Waals surface area contributed by atoms with Crippen molar-refractivity contribution >= 4 is 11.6 Å². The number of hydrogen-bond donors (Lipinski definition) is 2. The van der Waals surface area contributed by atoms with Gasteiger partial charge in [-0.2, -0.15) is 0 Å². The quantitative estimate of drug-likeness (QED) is 0.723. The summed E-state index contributed by atoms with van der Waals surface area (Å²) in [6.07, 6.45) is 1.15. The number of rotatable bonds is 7. The smallest absolute Gasteiger partial charge is 0.221 e. The molecule has 0 saturated heterocycles. The predicted octanol–water partition coefficient (Wildman–Crippen LogP) is 1.69. The van der Waals surface area contributed by atoms with Crippen molar-refractivity contribution in [2.45, 2.75) is 19.9 Å². The first-order valence-corrected chi connectivity index (χ1v) is 6.30. The average molecular weight is 249 g/mol. The molecule has 0 aromatic heterocycles. The molecule has 1 aromatic rings. The van der Waals surface area contributed by atoms with Gasteiger partial charge in [0.2, 0.25) is 5.91 Å². The molecule has 4 heteroatoms. The second-order valence-electron chi connectivity index (χ2n) is 4.71. The van der Waals surface area contributed by atoms with Crippen molar-refractivity contribution in [1.82, 2.24) is 10.2 Å². The third-order valence-electron chi connectivity index (χ3n) is 2.56. The lowest BCUT2D eigenvalue weighted by molar-refractivity contribution is -0.114. The zero-order valence-corrected chi connectivity index (χ0v) is 11.5. The van der Waals surface area contributed by atoms with Crippen LogP contribution in [0.5, 0.6) is 0 Å². The van der Waals surface area contributed by atoms with E-state index in [0.717, 1.165) is 31.7 Å². The first-order chi connectivity index (χ1) is 8.58. The minimum atomic E-state index is -0.0374. The van der Waals surface area contributed by atoms with E-state index in [1.807, 2.05) is 24.3 Å². The van der Waals surface area contributed by atoms with Gasteiger partial charge in [-0.1, -0.05) is 12.1 Å². The molecule has 0 aliphatic heterocycles. The van der Waals surface area contributed by atoms with Crippen LogP contribution in [0.3, 0.4) is 0 Å². The van der Waals surface area contributed by atoms with Gasteiger partial charge in [-0.25, -0.2) is 0 Å². The fourth-order valence-corrected chi connectivity index (χ4v) is 1.66. The van der Waals surface area contributed by atoms with Gasteiger partial charge < -0.3 is 15.5 Å². The molecule has 4 nitrogen and oxygen atoms in total. The molecule has 2 N–H and O–H groups in total. The van der Waals surface area contributed by atoms with E-state index in [0.29, 0.717) is 0 Å². The Morgan fingerprint density at radius 2 is 1.89 bits per heavy atom. The summed E-state index contributed by atoms with van der Waals surface area (Å²) < 4.78 is 0. The number of anilines is 1. The molecule has 100 valence electrons. The molecule has 0 aliphatic rings. The third-order valence-corrected chi connectivity index (χ3v) is 2.56. The standard InChI is InChI=1S/C14H23N3O/c1-12(18)16-14-7-5-13(6-8-14)11-15-9-4-10-17(2)3/h5-8,15H,4,9-11H2,1-3H3,(H,16,18). The molecule has 0 heterocycles. The Labute approximate surface area is 109 Å². The van der Waals surface area contributed by atoms with Gasteiger partial charge in [0.15, 0.2) is 0 Å². The fourth-order valence-electron chi connectivity index (χ4n) is 1.66. The average Bonchev–Trinajstić information content (AvgIpc) is 2.30. The molecule has 0 aliphatic carbocycles. The molecular weight excluding hydrogens is 226 g/mol. The summed E-state index contributed by atoms with van der Waals surface area (Å²) in [6.45, 7) is 4.51. The van der Waals surface area contributed by atoms with E-state index >= 15 is 0 Å². The highest BCUT2D eigenvalue weighted by atomic mass is 16.1. The number of carbonyl (C=O) groups is 1. The van der Waals surface area contributed by atoms with Crippen LogP contribution in [0, 0.1) is 0 Å². The summed E-state index contributed by atoms with van der Waals surface area (Å²) in [7, 11) is 4.17. The van der Waals surface area contributed by atoms with E-state index in [9.17, 15) is 4.79 Å². The minimum Gasteiger partial charge on any atom is -0.326 e. The van der Waals surface area contributed by atoms with Crippen molar-refractivity contribution in [2.24, 2.45) is 0 Å². The van der Waals surface area contributed by atoms with Crippen LogP contribution in [0.25, 0.3) is 0 Å². The number of nitrogens with zero attached hydrogens (tertiary/aromatic N) is 1. The molecule has 18 heavy (non-hydrogen) atoms. The number of benzene rings is 1. The first kappa shape index (κ1) is 14.7. The monoisotopic (exact) mass is 249 g/mol. The molecule has 0 radical (unpaired) electrons. The van der Waals surface area contributed by atoms with Gasteiger partial charge in [0.05, 0.1) is 0 Å². The largest absolute Gasteiger partial charge is 0.326 e. The van der Waals surface area contributed by atoms with Gasteiger partial charge >= 0.3 is 0 Å². The predicted molar refractivity (Wildman–Crippen MR) is 75.6 cm³/mol. The number of nitrogens with one attached hydrogen (secondary N) is 2. The molecule has 0 unspecified atom stereocenters. The minimum absolute atomic E-state index is 0.0374. The van der Waals surface area contributed by atoms with E-state index in [2.05, 4.69) is 29.6 Å². The van der Waals surface area contributed by atoms with Crippen LogP contribution in [-0.2, 0) is 11.3 Å². The fraction of sp³-hybridized carbons (Fsp3) is 0.500. The van der Waals surface area contributed by atoms with Gasteiger partial charge in [-0.3, -0.25) is 4.79 Å². The van der Waals surface area contributed by atoms with Crippen LogP contribution >= 0.6 is 0 Å². The molecule has 0 atom stereocenters. The zero-order valence-electron chi connectivity index (χ0n) is 11.5. The highest BCUT2D eigenvalue weighted by molar-refractivity contribution is 5.88. The summed E-state index contributed by atoms with van der Waals surface area (Å²) in [4.78, 5) is 13.1. The summed E-state index contributed by atoms with van der Waals surface area (Å²) in [5.74, 6) is -0.0374. The lowest BCUT2D eigenvalue weighted by Gasteiger charge is -2.10. The molecule has 1 amide bonds. The molecule has 0 spiro atoms. The summed E-state index contributed by atoms with van der Waals surface area (Å²) in [5, 5.41) is 6.16. The topological polar surface area (TPSA) is 44.4 Å². The Bertz CT molecular complexity index is 360. The Kier molecular flexibility index (Phi) is 6.39. The summed E-state index contributed by atoms with van der Waals surface area (Å²) >= 11 is 0. The van der Waals surface area contributed by atoms with Crippen LogP contribution in [-0.4, -0.2) is 38.0 Å². The van der Waals surface area contributed by atoms with Crippen LogP contribution in [0.1, 0.15) is 18.9 Å². The zero-order chi connectivity index (χ0) is 13.4. The first-order valence-electron chi connectivity index (χ1n) is 6.30. The van der Waals surface area contributed by atoms with Crippen LogP contribution in [0.4, 0.5) is 5.69 Å². The van der Waals surface area contributed by atoms with Crippen molar-refractivity contribution < 1.29 is 4.79 Å². The van der Waals surface area contributed by atoms with Crippen molar-refractivity contribution in [3.05, 3.63) is 29.8 Å². The second-order valence-corrected chi connectivity index (χ2v) is 4.71. The summed E-state index contributed by atoms with van der Waals surface area (Å²) in [6, 6.07) is 7.92. The number of amides is 1. The molecule has 0 saturated carbocycles. The SMILES string of the molecule is CC(=O)Nc1ccc(CNCCCN(C)C)cc1. The Morgan fingerprint density at radius 1 is 1.22 bits per heavy atom. The van der Waals surface area contributed by atoms with Gasteiger partial charge in [0, 0.05) is 19.2 Å². The third kappa shape index (κ3) is 6.37. The lowest BCUT2D eigenvalue weighted by atomic mass is 10.2. The van der Waals surface area contributed by atoms with E-state index in [4.69, 9.17) is 0 Å². The van der Waals surface area contributed by atoms with Crippen molar-refractivity contribution in [3.63, 3.8) is 0 Å². The van der Waals surface area contributed by atoms with E-state index < -0.39 is 0 Å². The Hall–Kier alpha value is -1.39. The van der Waals surface area contributed by atoms with Crippen molar-refractivity contribution in [3.8, 4) is 0 Å². The molecule has 0 bridgehead atoms. The van der Waals surface area contributed by atoms with Crippen molar-refractivity contribution in [1.29, 1.82) is 0 Å².